The molecule has 1 aromatic carbocycles. The first kappa shape index (κ1) is 12.9. The summed E-state index contributed by atoms with van der Waals surface area (Å²) in [4.78, 5) is 4.67. The van der Waals surface area contributed by atoms with Crippen molar-refractivity contribution in [3.8, 4) is 0 Å². The van der Waals surface area contributed by atoms with E-state index in [-0.39, 0.29) is 5.54 Å². The summed E-state index contributed by atoms with van der Waals surface area (Å²) in [6, 6.07) is 6.18. The Morgan fingerprint density at radius 2 is 2.06 bits per heavy atom. The van der Waals surface area contributed by atoms with Gasteiger partial charge in [0, 0.05) is 22.3 Å². The molecule has 1 heterocycles. The fourth-order valence-electron chi connectivity index (χ4n) is 2.10. The minimum Gasteiger partial charge on any atom is -0.323 e. The van der Waals surface area contributed by atoms with E-state index in [0.29, 0.717) is 5.88 Å². The summed E-state index contributed by atoms with van der Waals surface area (Å²) in [6.07, 6.45) is 0.797. The van der Waals surface area contributed by atoms with E-state index in [0.717, 1.165) is 27.8 Å². The van der Waals surface area contributed by atoms with Crippen LogP contribution in [-0.2, 0) is 12.0 Å². The smallest absolute Gasteiger partial charge is 0.111 e. The third-order valence-corrected chi connectivity index (χ3v) is 3.36. The molecule has 0 N–H and O–H groups in total. The lowest BCUT2D eigenvalue weighted by atomic mass is 10.1. The molecule has 2 nitrogen and oxygen atoms in total. The van der Waals surface area contributed by atoms with Gasteiger partial charge in [0.25, 0.3) is 0 Å². The molecule has 0 saturated carbocycles. The van der Waals surface area contributed by atoms with E-state index in [9.17, 15) is 0 Å². The Hall–Kier alpha value is -0.540. The van der Waals surface area contributed by atoms with E-state index in [4.69, 9.17) is 11.6 Å². The van der Waals surface area contributed by atoms with Gasteiger partial charge in [-0.3, -0.25) is 0 Å². The summed E-state index contributed by atoms with van der Waals surface area (Å²) in [5, 5.41) is 0. The van der Waals surface area contributed by atoms with Crippen molar-refractivity contribution in [3.63, 3.8) is 0 Å². The fraction of sp³-hybridized carbons (Fsp3) is 0.462. The first-order valence-corrected chi connectivity index (χ1v) is 6.99. The molecule has 0 radical (unpaired) electrons. The number of rotatable bonds is 2. The van der Waals surface area contributed by atoms with Gasteiger partial charge in [0.05, 0.1) is 11.0 Å². The number of hydrogen-bond donors (Lipinski definition) is 0. The molecule has 1 aromatic heterocycles. The van der Waals surface area contributed by atoms with Crippen molar-refractivity contribution in [1.29, 1.82) is 0 Å². The maximum atomic E-state index is 5.85. The third kappa shape index (κ3) is 2.50. The van der Waals surface area contributed by atoms with Gasteiger partial charge in [-0.15, -0.1) is 11.6 Å². The monoisotopic (exact) mass is 314 g/mol. The summed E-state index contributed by atoms with van der Waals surface area (Å²) in [5.74, 6) is 1.65. The van der Waals surface area contributed by atoms with Gasteiger partial charge in [-0.05, 0) is 39.0 Å². The number of halogens is 2. The highest BCUT2D eigenvalue weighted by Gasteiger charge is 2.20. The van der Waals surface area contributed by atoms with Crippen LogP contribution in [0, 0.1) is 0 Å². The SMILES string of the molecule is CC(C)(C)n1c(CCCl)nc2ccc(Br)cc21. The Balaban J connectivity index is 2.73. The summed E-state index contributed by atoms with van der Waals surface area (Å²) in [7, 11) is 0. The van der Waals surface area contributed by atoms with E-state index in [2.05, 4.69) is 52.3 Å². The molecule has 0 amide bonds. The molecule has 0 spiro atoms. The molecule has 0 fully saturated rings. The van der Waals surface area contributed by atoms with Crippen molar-refractivity contribution in [2.75, 3.05) is 5.88 Å². The number of hydrogen-bond acceptors (Lipinski definition) is 1. The zero-order chi connectivity index (χ0) is 12.6. The number of aromatic nitrogens is 2. The topological polar surface area (TPSA) is 17.8 Å². The van der Waals surface area contributed by atoms with Crippen LogP contribution in [0.4, 0.5) is 0 Å². The van der Waals surface area contributed by atoms with Gasteiger partial charge >= 0.3 is 0 Å². The number of imidazole rings is 1. The molecule has 2 rings (SSSR count). The lowest BCUT2D eigenvalue weighted by Gasteiger charge is -2.24. The Bertz CT molecular complexity index is 540. The highest BCUT2D eigenvalue weighted by Crippen LogP contribution is 2.27. The molecule has 0 bridgehead atoms. The Morgan fingerprint density at radius 3 is 2.65 bits per heavy atom. The number of fused-ring (bicyclic) bond motifs is 1. The van der Waals surface area contributed by atoms with Crippen LogP contribution in [0.25, 0.3) is 11.0 Å². The van der Waals surface area contributed by atoms with Crippen LogP contribution in [0.3, 0.4) is 0 Å². The molecule has 0 aliphatic rings. The molecule has 0 atom stereocenters. The normalized spacial score (nSPS) is 12.3. The Labute approximate surface area is 115 Å². The van der Waals surface area contributed by atoms with Crippen molar-refractivity contribution in [3.05, 3.63) is 28.5 Å². The second-order valence-corrected chi connectivity index (χ2v) is 6.40. The van der Waals surface area contributed by atoms with Crippen LogP contribution in [0.1, 0.15) is 26.6 Å². The number of alkyl halides is 1. The van der Waals surface area contributed by atoms with Crippen molar-refractivity contribution in [1.82, 2.24) is 9.55 Å². The van der Waals surface area contributed by atoms with Crippen LogP contribution in [-0.4, -0.2) is 15.4 Å². The third-order valence-electron chi connectivity index (χ3n) is 2.67. The van der Waals surface area contributed by atoms with E-state index in [1.165, 1.54) is 0 Å². The fourth-order valence-corrected chi connectivity index (χ4v) is 2.62. The van der Waals surface area contributed by atoms with Crippen LogP contribution in [0.15, 0.2) is 22.7 Å². The van der Waals surface area contributed by atoms with Gasteiger partial charge in [-0.25, -0.2) is 4.98 Å². The molecule has 0 aliphatic heterocycles. The largest absolute Gasteiger partial charge is 0.323 e. The predicted molar refractivity (Wildman–Crippen MR) is 76.9 cm³/mol. The summed E-state index contributed by atoms with van der Waals surface area (Å²) in [6.45, 7) is 6.56. The van der Waals surface area contributed by atoms with Gasteiger partial charge in [0.1, 0.15) is 5.82 Å². The maximum Gasteiger partial charge on any atom is 0.111 e. The van der Waals surface area contributed by atoms with Crippen LogP contribution in [0.5, 0.6) is 0 Å². The lowest BCUT2D eigenvalue weighted by Crippen LogP contribution is -2.24. The van der Waals surface area contributed by atoms with Crippen LogP contribution in [0.2, 0.25) is 0 Å². The minimum atomic E-state index is 0.0108. The molecule has 0 saturated heterocycles. The van der Waals surface area contributed by atoms with E-state index in [1.54, 1.807) is 0 Å². The molecular formula is C13H16BrClN2. The van der Waals surface area contributed by atoms with Crippen molar-refractivity contribution < 1.29 is 0 Å². The molecular weight excluding hydrogens is 300 g/mol. The summed E-state index contributed by atoms with van der Waals surface area (Å²) in [5.41, 5.74) is 2.20. The van der Waals surface area contributed by atoms with Gasteiger partial charge in [0.15, 0.2) is 0 Å². The summed E-state index contributed by atoms with van der Waals surface area (Å²) >= 11 is 9.37. The summed E-state index contributed by atoms with van der Waals surface area (Å²) < 4.78 is 3.35. The van der Waals surface area contributed by atoms with Crippen molar-refractivity contribution in [2.45, 2.75) is 32.7 Å². The molecule has 4 heteroatoms. The molecule has 17 heavy (non-hydrogen) atoms. The van der Waals surface area contributed by atoms with Gasteiger partial charge in [-0.2, -0.15) is 0 Å². The van der Waals surface area contributed by atoms with Gasteiger partial charge < -0.3 is 4.57 Å². The molecule has 0 aliphatic carbocycles. The minimum absolute atomic E-state index is 0.0108. The van der Waals surface area contributed by atoms with Crippen molar-refractivity contribution >= 4 is 38.6 Å². The standard InChI is InChI=1S/C13H16BrClN2/c1-13(2,3)17-11-8-9(14)4-5-10(11)16-12(17)6-7-15/h4-5,8H,6-7H2,1-3H3. The van der Waals surface area contributed by atoms with E-state index >= 15 is 0 Å². The Kier molecular flexibility index (Phi) is 3.50. The number of nitrogens with zero attached hydrogens (tertiary/aromatic N) is 2. The highest BCUT2D eigenvalue weighted by molar-refractivity contribution is 9.10. The Morgan fingerprint density at radius 1 is 1.35 bits per heavy atom. The zero-order valence-corrected chi connectivity index (χ0v) is 12.6. The maximum absolute atomic E-state index is 5.85. The number of benzene rings is 1. The first-order chi connectivity index (χ1) is 7.93. The predicted octanol–water partition coefficient (Wildman–Crippen LogP) is 4.34. The second-order valence-electron chi connectivity index (χ2n) is 5.11. The average Bonchev–Trinajstić information content (AvgIpc) is 2.54. The quantitative estimate of drug-likeness (QED) is 0.754. The van der Waals surface area contributed by atoms with Crippen LogP contribution < -0.4 is 0 Å². The lowest BCUT2D eigenvalue weighted by molar-refractivity contribution is 0.395. The highest BCUT2D eigenvalue weighted by atomic mass is 79.9. The van der Waals surface area contributed by atoms with Gasteiger partial charge in [-0.1, -0.05) is 15.9 Å². The second kappa shape index (κ2) is 4.62. The zero-order valence-electron chi connectivity index (χ0n) is 10.3. The molecule has 0 unspecified atom stereocenters. The molecule has 92 valence electrons. The van der Waals surface area contributed by atoms with E-state index in [1.807, 2.05) is 12.1 Å². The molecule has 2 aromatic rings. The average molecular weight is 316 g/mol. The van der Waals surface area contributed by atoms with Crippen LogP contribution >= 0.6 is 27.5 Å². The number of aryl methyl sites for hydroxylation is 1. The van der Waals surface area contributed by atoms with Gasteiger partial charge in [0.2, 0.25) is 0 Å². The van der Waals surface area contributed by atoms with E-state index < -0.39 is 0 Å². The van der Waals surface area contributed by atoms with Crippen molar-refractivity contribution in [2.24, 2.45) is 0 Å². The first-order valence-electron chi connectivity index (χ1n) is 5.67.